The van der Waals surface area contributed by atoms with Gasteiger partial charge in [0.15, 0.2) is 0 Å². The number of halogens is 2. The van der Waals surface area contributed by atoms with E-state index in [2.05, 4.69) is 51.6 Å². The molecule has 0 saturated carbocycles. The molecule has 2 heterocycles. The van der Waals surface area contributed by atoms with Gasteiger partial charge in [-0.15, -0.1) is 11.3 Å². The Hall–Kier alpha value is -0.350. The van der Waals surface area contributed by atoms with E-state index in [-0.39, 0.29) is 0 Å². The monoisotopic (exact) mass is 327 g/mol. The van der Waals surface area contributed by atoms with Crippen LogP contribution in [0.1, 0.15) is 21.9 Å². The van der Waals surface area contributed by atoms with Crippen LogP contribution in [0, 0.1) is 0 Å². The molecule has 0 amide bonds. The molecule has 1 aromatic heterocycles. The molecule has 2 aromatic rings. The van der Waals surface area contributed by atoms with Crippen molar-refractivity contribution in [1.82, 2.24) is 5.32 Å². The number of nitrogens with one attached hydrogen (secondary N) is 1. The molecule has 4 heteroatoms. The molecule has 0 saturated heterocycles. The van der Waals surface area contributed by atoms with Crippen LogP contribution in [0.4, 0.5) is 0 Å². The topological polar surface area (TPSA) is 12.0 Å². The Bertz CT molecular complexity index is 535. The molecule has 1 atom stereocenters. The van der Waals surface area contributed by atoms with Crippen molar-refractivity contribution in [3.8, 4) is 0 Å². The van der Waals surface area contributed by atoms with E-state index in [1.165, 1.54) is 16.0 Å². The number of rotatable bonds is 1. The fourth-order valence-electron chi connectivity index (χ4n) is 2.27. The Balaban J connectivity index is 2.02. The third-order valence-corrected chi connectivity index (χ3v) is 4.90. The smallest absolute Gasteiger partial charge is 0.0934 e. The predicted molar refractivity (Wildman–Crippen MR) is 77.0 cm³/mol. The zero-order valence-electron chi connectivity index (χ0n) is 9.04. The van der Waals surface area contributed by atoms with Gasteiger partial charge in [-0.05, 0) is 29.3 Å². The lowest BCUT2D eigenvalue weighted by Gasteiger charge is -2.23. The van der Waals surface area contributed by atoms with Crippen molar-refractivity contribution in [3.63, 3.8) is 0 Å². The molecule has 1 N–H and O–H groups in total. The molecule has 1 nitrogen and oxygen atoms in total. The SMILES string of the molecule is Clc1cc2c(s1)CNC[C@@H]2c1ccc(Br)cc1. The zero-order chi connectivity index (χ0) is 11.8. The van der Waals surface area contributed by atoms with Gasteiger partial charge in [-0.25, -0.2) is 0 Å². The van der Waals surface area contributed by atoms with Crippen LogP contribution in [0.5, 0.6) is 0 Å². The van der Waals surface area contributed by atoms with Gasteiger partial charge in [0.2, 0.25) is 0 Å². The summed E-state index contributed by atoms with van der Waals surface area (Å²) < 4.78 is 2.01. The van der Waals surface area contributed by atoms with Crippen molar-refractivity contribution < 1.29 is 0 Å². The first-order valence-corrected chi connectivity index (χ1v) is 7.47. The molecule has 88 valence electrons. The number of benzene rings is 1. The van der Waals surface area contributed by atoms with Crippen LogP contribution in [0.2, 0.25) is 4.34 Å². The first kappa shape index (κ1) is 11.7. The summed E-state index contributed by atoms with van der Waals surface area (Å²) in [6, 6.07) is 10.7. The summed E-state index contributed by atoms with van der Waals surface area (Å²) in [7, 11) is 0. The summed E-state index contributed by atoms with van der Waals surface area (Å²) in [4.78, 5) is 1.37. The van der Waals surface area contributed by atoms with Gasteiger partial charge in [-0.1, -0.05) is 39.7 Å². The predicted octanol–water partition coefficient (Wildman–Crippen LogP) is 4.40. The molecule has 17 heavy (non-hydrogen) atoms. The lowest BCUT2D eigenvalue weighted by Crippen LogP contribution is -2.27. The van der Waals surface area contributed by atoms with E-state index in [0.29, 0.717) is 5.92 Å². The highest BCUT2D eigenvalue weighted by molar-refractivity contribution is 9.10. The maximum atomic E-state index is 6.11. The summed E-state index contributed by atoms with van der Waals surface area (Å²) in [5, 5.41) is 3.46. The molecule has 0 fully saturated rings. The molecule has 1 aliphatic heterocycles. The Kier molecular flexibility index (Phi) is 3.26. The van der Waals surface area contributed by atoms with Crippen LogP contribution < -0.4 is 5.32 Å². The Morgan fingerprint density at radius 1 is 1.29 bits per heavy atom. The lowest BCUT2D eigenvalue weighted by molar-refractivity contribution is 0.600. The normalized spacial score (nSPS) is 19.1. The van der Waals surface area contributed by atoms with E-state index in [1.807, 2.05) is 0 Å². The third kappa shape index (κ3) is 2.29. The molecular weight excluding hydrogens is 318 g/mol. The van der Waals surface area contributed by atoms with Gasteiger partial charge in [-0.3, -0.25) is 0 Å². The fraction of sp³-hybridized carbons (Fsp3) is 0.231. The van der Waals surface area contributed by atoms with Crippen molar-refractivity contribution in [2.75, 3.05) is 6.54 Å². The maximum Gasteiger partial charge on any atom is 0.0934 e. The minimum absolute atomic E-state index is 0.426. The van der Waals surface area contributed by atoms with Crippen LogP contribution in [0.15, 0.2) is 34.8 Å². The number of hydrogen-bond donors (Lipinski definition) is 1. The highest BCUT2D eigenvalue weighted by Crippen LogP contribution is 2.37. The molecule has 1 aliphatic rings. The van der Waals surface area contributed by atoms with E-state index in [1.54, 1.807) is 11.3 Å². The zero-order valence-corrected chi connectivity index (χ0v) is 12.2. The van der Waals surface area contributed by atoms with Crippen molar-refractivity contribution >= 4 is 38.9 Å². The van der Waals surface area contributed by atoms with E-state index >= 15 is 0 Å². The molecule has 0 aliphatic carbocycles. The van der Waals surface area contributed by atoms with Crippen LogP contribution >= 0.6 is 38.9 Å². The summed E-state index contributed by atoms with van der Waals surface area (Å²) in [6.45, 7) is 1.93. The Labute approximate surface area is 118 Å². The average Bonchev–Trinajstić information content (AvgIpc) is 2.70. The Morgan fingerprint density at radius 3 is 2.82 bits per heavy atom. The first-order valence-electron chi connectivity index (χ1n) is 5.48. The second-order valence-electron chi connectivity index (χ2n) is 4.16. The van der Waals surface area contributed by atoms with E-state index < -0.39 is 0 Å². The summed E-state index contributed by atoms with van der Waals surface area (Å²) in [6.07, 6.45) is 0. The van der Waals surface area contributed by atoms with Crippen LogP contribution in [0.25, 0.3) is 0 Å². The average molecular weight is 329 g/mol. The minimum Gasteiger partial charge on any atom is -0.311 e. The number of fused-ring (bicyclic) bond motifs is 1. The molecule has 0 radical (unpaired) electrons. The van der Waals surface area contributed by atoms with Crippen LogP contribution in [0.3, 0.4) is 0 Å². The van der Waals surface area contributed by atoms with Gasteiger partial charge in [0.1, 0.15) is 0 Å². The van der Waals surface area contributed by atoms with Crippen molar-refractivity contribution in [1.29, 1.82) is 0 Å². The number of hydrogen-bond acceptors (Lipinski definition) is 2. The third-order valence-electron chi connectivity index (χ3n) is 3.09. The van der Waals surface area contributed by atoms with Crippen LogP contribution in [-0.4, -0.2) is 6.54 Å². The van der Waals surface area contributed by atoms with Crippen molar-refractivity contribution in [3.05, 3.63) is 55.1 Å². The fourth-order valence-corrected chi connectivity index (χ4v) is 3.85. The quantitative estimate of drug-likeness (QED) is 0.818. The summed E-state index contributed by atoms with van der Waals surface area (Å²) in [5.41, 5.74) is 2.73. The summed E-state index contributed by atoms with van der Waals surface area (Å²) in [5.74, 6) is 0.426. The van der Waals surface area contributed by atoms with Crippen molar-refractivity contribution in [2.24, 2.45) is 0 Å². The van der Waals surface area contributed by atoms with E-state index in [4.69, 9.17) is 11.6 Å². The van der Waals surface area contributed by atoms with Gasteiger partial charge in [0.05, 0.1) is 4.34 Å². The second-order valence-corrected chi connectivity index (χ2v) is 6.85. The molecule has 1 aromatic carbocycles. The molecule has 0 spiro atoms. The lowest BCUT2D eigenvalue weighted by atomic mass is 9.89. The standard InChI is InChI=1S/C13H11BrClNS/c14-9-3-1-8(2-4-9)11-6-16-7-12-10(11)5-13(15)17-12/h1-5,11,16H,6-7H2/t11-/m1/s1. The van der Waals surface area contributed by atoms with E-state index in [0.717, 1.165) is 21.9 Å². The summed E-state index contributed by atoms with van der Waals surface area (Å²) >= 11 is 11.3. The van der Waals surface area contributed by atoms with Crippen molar-refractivity contribution in [2.45, 2.75) is 12.5 Å². The van der Waals surface area contributed by atoms with Crippen LogP contribution in [-0.2, 0) is 6.54 Å². The minimum atomic E-state index is 0.426. The molecule has 3 rings (SSSR count). The highest BCUT2D eigenvalue weighted by atomic mass is 79.9. The second kappa shape index (κ2) is 4.73. The first-order chi connectivity index (χ1) is 8.24. The van der Waals surface area contributed by atoms with Gasteiger partial charge in [0.25, 0.3) is 0 Å². The Morgan fingerprint density at radius 2 is 2.06 bits per heavy atom. The highest BCUT2D eigenvalue weighted by Gasteiger charge is 2.23. The van der Waals surface area contributed by atoms with Gasteiger partial charge < -0.3 is 5.32 Å². The molecule has 0 bridgehead atoms. The molecular formula is C13H11BrClNS. The molecule has 0 unspecified atom stereocenters. The largest absolute Gasteiger partial charge is 0.311 e. The van der Waals surface area contributed by atoms with Gasteiger partial charge >= 0.3 is 0 Å². The van der Waals surface area contributed by atoms with Gasteiger partial charge in [0, 0.05) is 28.4 Å². The maximum absolute atomic E-state index is 6.11. The number of thiophene rings is 1. The van der Waals surface area contributed by atoms with Gasteiger partial charge in [-0.2, -0.15) is 0 Å². The van der Waals surface area contributed by atoms with E-state index in [9.17, 15) is 0 Å².